The molecule has 0 bridgehead atoms. The average molecular weight is 213 g/mol. The molecule has 0 spiro atoms. The van der Waals surface area contributed by atoms with Crippen molar-refractivity contribution in [3.63, 3.8) is 0 Å². The van der Waals surface area contributed by atoms with Gasteiger partial charge in [-0.15, -0.1) is 0 Å². The first-order valence-corrected chi connectivity index (χ1v) is 4.63. The molecule has 0 atom stereocenters. The van der Waals surface area contributed by atoms with Gasteiger partial charge in [-0.3, -0.25) is 0 Å². The van der Waals surface area contributed by atoms with E-state index in [2.05, 4.69) is 4.98 Å². The molecule has 0 radical (unpaired) electrons. The van der Waals surface area contributed by atoms with Gasteiger partial charge in [-0.2, -0.15) is 5.26 Å². The minimum absolute atomic E-state index is 0.0225. The van der Waals surface area contributed by atoms with Crippen molar-refractivity contribution in [3.8, 4) is 17.2 Å². The van der Waals surface area contributed by atoms with Crippen molar-refractivity contribution in [2.24, 2.45) is 0 Å². The average Bonchev–Trinajstić information content (AvgIpc) is 2.31. The van der Waals surface area contributed by atoms with Crippen molar-refractivity contribution in [2.75, 3.05) is 5.73 Å². The molecule has 1 aromatic heterocycles. The van der Waals surface area contributed by atoms with Crippen molar-refractivity contribution >= 4 is 5.82 Å². The fraction of sp³-hybridized carbons (Fsp3) is 0. The van der Waals surface area contributed by atoms with Gasteiger partial charge in [0.15, 0.2) is 0 Å². The van der Waals surface area contributed by atoms with Gasteiger partial charge in [0.05, 0.1) is 5.56 Å². The number of nitrogens with zero attached hydrogens (tertiary/aromatic N) is 2. The van der Waals surface area contributed by atoms with E-state index in [9.17, 15) is 4.39 Å². The molecule has 0 aliphatic rings. The number of hydrogen-bond donors (Lipinski definition) is 1. The fourth-order valence-corrected chi connectivity index (χ4v) is 1.41. The number of nitrogens with two attached hydrogens (primary N) is 1. The van der Waals surface area contributed by atoms with Crippen molar-refractivity contribution in [2.45, 2.75) is 0 Å². The van der Waals surface area contributed by atoms with E-state index in [1.165, 1.54) is 12.3 Å². The van der Waals surface area contributed by atoms with Gasteiger partial charge in [-0.05, 0) is 18.2 Å². The first-order valence-electron chi connectivity index (χ1n) is 4.63. The molecule has 0 fully saturated rings. The molecule has 0 aliphatic heterocycles. The monoisotopic (exact) mass is 213 g/mol. The molecular formula is C12H8FN3. The lowest BCUT2D eigenvalue weighted by molar-refractivity contribution is 0.627. The van der Waals surface area contributed by atoms with Crippen LogP contribution in [-0.4, -0.2) is 4.98 Å². The van der Waals surface area contributed by atoms with Crippen LogP contribution in [0.4, 0.5) is 10.2 Å². The molecule has 2 aromatic rings. The molecule has 78 valence electrons. The third kappa shape index (κ3) is 1.71. The first kappa shape index (κ1) is 10.1. The summed E-state index contributed by atoms with van der Waals surface area (Å²) in [6.45, 7) is 0. The molecular weight excluding hydrogens is 205 g/mol. The van der Waals surface area contributed by atoms with E-state index in [-0.39, 0.29) is 5.56 Å². The molecule has 0 saturated heterocycles. The Bertz CT molecular complexity index is 555. The van der Waals surface area contributed by atoms with Gasteiger partial charge in [0.2, 0.25) is 0 Å². The molecule has 0 unspecified atom stereocenters. The van der Waals surface area contributed by atoms with Gasteiger partial charge in [-0.1, -0.05) is 12.1 Å². The highest BCUT2D eigenvalue weighted by atomic mass is 19.1. The molecule has 0 saturated carbocycles. The smallest absolute Gasteiger partial charge is 0.148 e. The van der Waals surface area contributed by atoms with Crippen molar-refractivity contribution in [3.05, 3.63) is 47.9 Å². The molecule has 3 nitrogen and oxygen atoms in total. The highest BCUT2D eigenvalue weighted by Gasteiger charge is 2.09. The Morgan fingerprint density at radius 2 is 2.06 bits per heavy atom. The second kappa shape index (κ2) is 3.99. The summed E-state index contributed by atoms with van der Waals surface area (Å²) < 4.78 is 13.8. The van der Waals surface area contributed by atoms with Crippen LogP contribution in [0.5, 0.6) is 0 Å². The van der Waals surface area contributed by atoms with Crippen LogP contribution in [0.1, 0.15) is 5.56 Å². The van der Waals surface area contributed by atoms with E-state index < -0.39 is 5.82 Å². The predicted octanol–water partition coefficient (Wildman–Crippen LogP) is 2.34. The van der Waals surface area contributed by atoms with Crippen molar-refractivity contribution < 1.29 is 4.39 Å². The quantitative estimate of drug-likeness (QED) is 0.790. The van der Waals surface area contributed by atoms with Crippen molar-refractivity contribution in [1.29, 1.82) is 5.26 Å². The Labute approximate surface area is 92.0 Å². The Hall–Kier alpha value is -2.41. The lowest BCUT2D eigenvalue weighted by Gasteiger charge is -2.04. The maximum absolute atomic E-state index is 13.8. The fourth-order valence-electron chi connectivity index (χ4n) is 1.41. The van der Waals surface area contributed by atoms with E-state index >= 15 is 0 Å². The summed E-state index contributed by atoms with van der Waals surface area (Å²) in [6, 6.07) is 9.72. The molecule has 2 rings (SSSR count). The van der Waals surface area contributed by atoms with Gasteiger partial charge < -0.3 is 5.73 Å². The summed E-state index contributed by atoms with van der Waals surface area (Å²) in [5.74, 6) is -0.155. The van der Waals surface area contributed by atoms with E-state index in [0.29, 0.717) is 16.9 Å². The Morgan fingerprint density at radius 3 is 2.69 bits per heavy atom. The molecule has 16 heavy (non-hydrogen) atoms. The molecule has 0 aliphatic carbocycles. The number of halogens is 1. The largest absolute Gasteiger partial charge is 0.384 e. The molecule has 4 heteroatoms. The van der Waals surface area contributed by atoms with Crippen LogP contribution in [-0.2, 0) is 0 Å². The van der Waals surface area contributed by atoms with E-state index in [0.717, 1.165) is 0 Å². The standard InChI is InChI=1S/C12H8FN3/c13-12-8(6-14)2-1-3-10(12)9-4-5-11(15)16-7-9/h1-5,7H,(H2,15,16). The summed E-state index contributed by atoms with van der Waals surface area (Å²) in [4.78, 5) is 3.88. The number of rotatable bonds is 1. The van der Waals surface area contributed by atoms with Gasteiger partial charge in [0.1, 0.15) is 17.7 Å². The lowest BCUT2D eigenvalue weighted by atomic mass is 10.0. The van der Waals surface area contributed by atoms with E-state index in [1.807, 2.05) is 0 Å². The minimum Gasteiger partial charge on any atom is -0.384 e. The Balaban J connectivity index is 2.57. The number of nitriles is 1. The summed E-state index contributed by atoms with van der Waals surface area (Å²) in [7, 11) is 0. The van der Waals surface area contributed by atoms with Gasteiger partial charge >= 0.3 is 0 Å². The van der Waals surface area contributed by atoms with Crippen LogP contribution in [0, 0.1) is 17.1 Å². The second-order valence-electron chi connectivity index (χ2n) is 3.25. The molecule has 1 heterocycles. The summed E-state index contributed by atoms with van der Waals surface area (Å²) in [5, 5.41) is 8.71. The number of benzene rings is 1. The van der Waals surface area contributed by atoms with Crippen LogP contribution in [0.15, 0.2) is 36.5 Å². The van der Waals surface area contributed by atoms with Crippen LogP contribution in [0.2, 0.25) is 0 Å². The number of nitrogen functional groups attached to an aromatic ring is 1. The zero-order valence-corrected chi connectivity index (χ0v) is 8.31. The van der Waals surface area contributed by atoms with Crippen LogP contribution in [0.25, 0.3) is 11.1 Å². The SMILES string of the molecule is N#Cc1cccc(-c2ccc(N)nc2)c1F. The number of anilines is 1. The number of pyridine rings is 1. The normalized spacial score (nSPS) is 9.75. The van der Waals surface area contributed by atoms with Gasteiger partial charge in [0.25, 0.3) is 0 Å². The topological polar surface area (TPSA) is 62.7 Å². The van der Waals surface area contributed by atoms with Crippen molar-refractivity contribution in [1.82, 2.24) is 4.98 Å². The second-order valence-corrected chi connectivity index (χ2v) is 3.25. The first-order chi connectivity index (χ1) is 7.72. The third-order valence-corrected chi connectivity index (χ3v) is 2.22. The lowest BCUT2D eigenvalue weighted by Crippen LogP contribution is -1.92. The Kier molecular flexibility index (Phi) is 2.52. The van der Waals surface area contributed by atoms with Crippen LogP contribution in [0.3, 0.4) is 0 Å². The summed E-state index contributed by atoms with van der Waals surface area (Å²) in [5.41, 5.74) is 6.42. The zero-order chi connectivity index (χ0) is 11.5. The highest BCUT2D eigenvalue weighted by molar-refractivity contribution is 5.66. The summed E-state index contributed by atoms with van der Waals surface area (Å²) in [6.07, 6.45) is 1.48. The maximum Gasteiger partial charge on any atom is 0.148 e. The van der Waals surface area contributed by atoms with E-state index in [1.54, 1.807) is 30.3 Å². The number of hydrogen-bond acceptors (Lipinski definition) is 3. The van der Waals surface area contributed by atoms with Gasteiger partial charge in [-0.25, -0.2) is 9.37 Å². The molecule has 2 N–H and O–H groups in total. The zero-order valence-electron chi connectivity index (χ0n) is 8.31. The predicted molar refractivity (Wildman–Crippen MR) is 58.8 cm³/mol. The molecule has 1 aromatic carbocycles. The number of aromatic nitrogens is 1. The minimum atomic E-state index is -0.531. The third-order valence-electron chi connectivity index (χ3n) is 2.22. The van der Waals surface area contributed by atoms with Crippen LogP contribution < -0.4 is 5.73 Å². The molecule has 0 amide bonds. The van der Waals surface area contributed by atoms with Crippen LogP contribution >= 0.6 is 0 Å². The Morgan fingerprint density at radius 1 is 1.25 bits per heavy atom. The highest BCUT2D eigenvalue weighted by Crippen LogP contribution is 2.24. The summed E-state index contributed by atoms with van der Waals surface area (Å²) >= 11 is 0. The van der Waals surface area contributed by atoms with Gasteiger partial charge in [0, 0.05) is 17.3 Å². The van der Waals surface area contributed by atoms with E-state index in [4.69, 9.17) is 11.0 Å². The maximum atomic E-state index is 13.8.